The molecule has 0 saturated carbocycles. The molecule has 0 heterocycles. The molecule has 86 valence electrons. The summed E-state index contributed by atoms with van der Waals surface area (Å²) < 4.78 is 38.3. The van der Waals surface area contributed by atoms with Gasteiger partial charge in [-0.1, -0.05) is 8.44 Å². The molecule has 0 fully saturated rings. The first-order chi connectivity index (χ1) is 5.97. The van der Waals surface area contributed by atoms with E-state index in [1.807, 2.05) is 0 Å². The summed E-state index contributed by atoms with van der Waals surface area (Å²) in [5.74, 6) is 0. The van der Waals surface area contributed by atoms with Gasteiger partial charge in [-0.05, 0) is 11.0 Å². The smallest absolute Gasteiger partial charge is 0.316 e. The minimum atomic E-state index is -5.27. The van der Waals surface area contributed by atoms with Gasteiger partial charge in [-0.3, -0.25) is 0 Å². The molecule has 0 aliphatic rings. The van der Waals surface area contributed by atoms with Crippen LogP contribution in [0.1, 0.15) is 0 Å². The van der Waals surface area contributed by atoms with Gasteiger partial charge in [-0.15, -0.1) is 0 Å². The van der Waals surface area contributed by atoms with Crippen molar-refractivity contribution in [2.24, 2.45) is 0 Å². The van der Waals surface area contributed by atoms with E-state index in [-0.39, 0.29) is 11.0 Å². The third kappa shape index (κ3) is 7.51. The monoisotopic (exact) mass is 306 g/mol. The van der Waals surface area contributed by atoms with Crippen molar-refractivity contribution in [3.63, 3.8) is 0 Å². The number of hydrogen-bond donors (Lipinski definition) is 4. The van der Waals surface area contributed by atoms with E-state index < -0.39 is 22.4 Å². The second-order valence-electron chi connectivity index (χ2n) is 1.70. The molecular weight excluding hydrogens is 300 g/mol. The zero-order valence-corrected chi connectivity index (χ0v) is 10.8. The summed E-state index contributed by atoms with van der Waals surface area (Å²) >= 11 is 0.120. The first kappa shape index (κ1) is 15.2. The highest BCUT2D eigenvalue weighted by Gasteiger charge is 2.39. The Morgan fingerprint density at radius 3 is 1.71 bits per heavy atom. The van der Waals surface area contributed by atoms with Crippen molar-refractivity contribution in [3.8, 4) is 0 Å². The van der Waals surface area contributed by atoms with Crippen LogP contribution >= 0.6 is 41.9 Å². The molecule has 14 heteroatoms. The lowest BCUT2D eigenvalue weighted by Gasteiger charge is -2.14. The first-order valence-corrected chi connectivity index (χ1v) is 10.00. The minimum absolute atomic E-state index is 0.120. The van der Waals surface area contributed by atoms with E-state index in [9.17, 15) is 13.7 Å². The van der Waals surface area contributed by atoms with Crippen molar-refractivity contribution in [3.05, 3.63) is 0 Å². The summed E-state index contributed by atoms with van der Waals surface area (Å²) in [6, 6.07) is 0. The molecule has 0 aromatic heterocycles. The third-order valence-corrected chi connectivity index (χ3v) is 7.94. The van der Waals surface area contributed by atoms with Crippen molar-refractivity contribution in [2.75, 3.05) is 0 Å². The molecule has 0 aliphatic heterocycles. The van der Waals surface area contributed by atoms with Crippen molar-refractivity contribution in [1.82, 2.24) is 0 Å². The predicted octanol–water partition coefficient (Wildman–Crippen LogP) is 0.836. The molecule has 0 aromatic rings. The summed E-state index contributed by atoms with van der Waals surface area (Å²) in [6.45, 7) is -4.48. The van der Waals surface area contributed by atoms with Crippen molar-refractivity contribution >= 4 is 41.9 Å². The van der Waals surface area contributed by atoms with Gasteiger partial charge >= 0.3 is 22.4 Å². The van der Waals surface area contributed by atoms with Gasteiger partial charge in [0.25, 0.3) is 0 Å². The second-order valence-corrected chi connectivity index (χ2v) is 9.98. The van der Waals surface area contributed by atoms with Gasteiger partial charge in [-0.25, -0.2) is 13.7 Å². The molecule has 0 saturated heterocycles. The van der Waals surface area contributed by atoms with Crippen LogP contribution in [0.2, 0.25) is 0 Å². The molecule has 3 unspecified atom stereocenters. The van der Waals surface area contributed by atoms with Crippen molar-refractivity contribution in [2.45, 2.75) is 0 Å². The fourth-order valence-electron chi connectivity index (χ4n) is 0.299. The van der Waals surface area contributed by atoms with Crippen LogP contribution in [0.15, 0.2) is 0 Å². The standard InChI is InChI=1S/H6O9P4S/c1-11(2,3)8-12(4,5)9-13(6,7)14-10/h10H2,(H,4,5)(H,6,7)(H2,1,2,3). The van der Waals surface area contributed by atoms with Crippen molar-refractivity contribution in [1.29, 1.82) is 0 Å². The normalized spacial score (nSPS) is 21.2. The van der Waals surface area contributed by atoms with Crippen LogP contribution in [0.25, 0.3) is 0 Å². The highest BCUT2D eigenvalue weighted by Crippen LogP contribution is 2.71. The van der Waals surface area contributed by atoms with Crippen LogP contribution < -0.4 is 0 Å². The Balaban J connectivity index is 4.60. The summed E-state index contributed by atoms with van der Waals surface area (Å²) in [5, 5.41) is 0. The van der Waals surface area contributed by atoms with Crippen LogP contribution in [0, 0.1) is 0 Å². The lowest BCUT2D eigenvalue weighted by atomic mass is 15.7. The van der Waals surface area contributed by atoms with Gasteiger partial charge in [0.05, 0.1) is 0 Å². The predicted molar refractivity (Wildman–Crippen MR) is 51.2 cm³/mol. The summed E-state index contributed by atoms with van der Waals surface area (Å²) in [4.78, 5) is 33.5. The Morgan fingerprint density at radius 2 is 1.43 bits per heavy atom. The summed E-state index contributed by atoms with van der Waals surface area (Å²) in [7, 11) is -8.86. The minimum Gasteiger partial charge on any atom is -0.316 e. The average Bonchev–Trinajstić information content (AvgIpc) is 1.78. The Hall–Kier alpha value is 1.23. The Labute approximate surface area is 84.3 Å². The Bertz CT molecular complexity index is 326. The maximum absolute atomic E-state index is 10.7. The molecule has 0 amide bonds. The van der Waals surface area contributed by atoms with E-state index in [0.717, 1.165) is 0 Å². The van der Waals surface area contributed by atoms with E-state index in [1.165, 1.54) is 0 Å². The fourth-order valence-corrected chi connectivity index (χ4v) is 5.10. The molecule has 0 aromatic carbocycles. The molecule has 4 N–H and O–H groups in total. The van der Waals surface area contributed by atoms with Gasteiger partial charge in [-0.2, -0.15) is 8.62 Å². The van der Waals surface area contributed by atoms with Crippen LogP contribution in [0.3, 0.4) is 0 Å². The van der Waals surface area contributed by atoms with E-state index >= 15 is 0 Å². The van der Waals surface area contributed by atoms with Crippen molar-refractivity contribution < 1.29 is 41.9 Å². The number of rotatable bonds is 5. The molecule has 14 heavy (non-hydrogen) atoms. The van der Waals surface area contributed by atoms with Crippen LogP contribution in [0.5, 0.6) is 0 Å². The first-order valence-electron chi connectivity index (χ1n) is 2.50. The lowest BCUT2D eigenvalue weighted by Crippen LogP contribution is -1.90. The van der Waals surface area contributed by atoms with Gasteiger partial charge in [0.2, 0.25) is 0 Å². The largest absolute Gasteiger partial charge is 0.488 e. The Kier molecular flexibility index (Phi) is 5.48. The van der Waals surface area contributed by atoms with E-state index in [2.05, 4.69) is 8.62 Å². The van der Waals surface area contributed by atoms with E-state index in [4.69, 9.17) is 19.6 Å². The highest BCUT2D eigenvalue weighted by molar-refractivity contribution is 8.78. The molecule has 0 rings (SSSR count). The zero-order valence-electron chi connectivity index (χ0n) is 6.16. The molecule has 0 bridgehead atoms. The van der Waals surface area contributed by atoms with Gasteiger partial charge in [0, 0.05) is 0 Å². The maximum atomic E-state index is 10.7. The zero-order chi connectivity index (χ0) is 11.6. The molecule has 0 radical (unpaired) electrons. The molecular formula is H6O9P4S. The fraction of sp³-hybridized carbons (Fsp3) is 0. The highest BCUT2D eigenvalue weighted by atomic mass is 33.1. The maximum Gasteiger partial charge on any atom is 0.488 e. The lowest BCUT2D eigenvalue weighted by molar-refractivity contribution is 0.226. The third-order valence-electron chi connectivity index (χ3n) is 0.549. The molecule has 0 aliphatic carbocycles. The van der Waals surface area contributed by atoms with Gasteiger partial charge in [0.1, 0.15) is 0 Å². The quantitative estimate of drug-likeness (QED) is 0.537. The summed E-state index contributed by atoms with van der Waals surface area (Å²) in [6.07, 6.45) is 0. The molecule has 0 spiro atoms. The Morgan fingerprint density at radius 1 is 1.00 bits per heavy atom. The SMILES string of the molecule is O=P(O)(O)OP(=O)(O)OP(=O)(O)SP. The van der Waals surface area contributed by atoms with Gasteiger partial charge < -0.3 is 19.6 Å². The van der Waals surface area contributed by atoms with Crippen LogP contribution in [0.4, 0.5) is 0 Å². The topological polar surface area (TPSA) is 151 Å². The van der Waals surface area contributed by atoms with Crippen LogP contribution in [-0.2, 0) is 22.3 Å². The second kappa shape index (κ2) is 5.04. The summed E-state index contributed by atoms with van der Waals surface area (Å²) in [5.41, 5.74) is 0. The van der Waals surface area contributed by atoms with Gasteiger partial charge in [0.15, 0.2) is 0 Å². The van der Waals surface area contributed by atoms with E-state index in [0.29, 0.717) is 0 Å². The average molecular weight is 306 g/mol. The molecule has 9 nitrogen and oxygen atoms in total. The van der Waals surface area contributed by atoms with E-state index in [1.54, 1.807) is 8.44 Å². The van der Waals surface area contributed by atoms with Crippen LogP contribution in [-0.4, -0.2) is 19.6 Å². The number of hydrogen-bond acceptors (Lipinski definition) is 6. The number of phosphoric acid groups is 2. The molecule has 3 atom stereocenters.